The van der Waals surface area contributed by atoms with Crippen molar-refractivity contribution in [3.63, 3.8) is 0 Å². The zero-order valence-corrected chi connectivity index (χ0v) is 25.2. The third kappa shape index (κ3) is 5.82. The molecule has 0 aliphatic carbocycles. The molecule has 222 valence electrons. The Morgan fingerprint density at radius 1 is 1.34 bits per heavy atom. The smallest absolute Gasteiger partial charge is 0.312 e. The van der Waals surface area contributed by atoms with E-state index < -0.39 is 53.5 Å². The largest absolute Gasteiger partial charge is 0.460 e. The summed E-state index contributed by atoms with van der Waals surface area (Å²) in [7, 11) is 0. The molecular formula is C29H35BrClN3O7. The lowest BCUT2D eigenvalue weighted by Gasteiger charge is -2.37. The molecule has 0 saturated carbocycles. The zero-order chi connectivity index (χ0) is 29.9. The van der Waals surface area contributed by atoms with Gasteiger partial charge in [-0.3, -0.25) is 19.2 Å². The highest BCUT2D eigenvalue weighted by molar-refractivity contribution is 9.09. The van der Waals surface area contributed by atoms with E-state index in [0.717, 1.165) is 0 Å². The standard InChI is InChI=1S/C29H35BrClN3O7/c1-4-6-11-21(36)32-16-17(3)40-28(39)22-23-26(37)34(13-14-35)25(29(23)15-18(30)24(22)41-29)27(38)33(12-5-2)20-10-8-7-9-19(20)31/h4-5,7-10,17-18,22-25,35H,1-2,6,11-16H2,3H3,(H,32,36)/t17-,18?,22+,23-,24+,25+,29-/m1/s1. The topological polar surface area (TPSA) is 125 Å². The number of amides is 3. The molecule has 12 heteroatoms. The molecule has 1 unspecified atom stereocenters. The van der Waals surface area contributed by atoms with Gasteiger partial charge in [-0.2, -0.15) is 0 Å². The van der Waals surface area contributed by atoms with E-state index in [1.165, 1.54) is 9.80 Å². The zero-order valence-electron chi connectivity index (χ0n) is 22.8. The summed E-state index contributed by atoms with van der Waals surface area (Å²) in [6.07, 6.45) is 2.95. The molecule has 0 radical (unpaired) electrons. The average Bonchev–Trinajstić information content (AvgIpc) is 3.53. The number of halogens is 2. The third-order valence-electron chi connectivity index (χ3n) is 7.84. The summed E-state index contributed by atoms with van der Waals surface area (Å²) in [5.41, 5.74) is -0.882. The summed E-state index contributed by atoms with van der Waals surface area (Å²) in [5.74, 6) is -3.70. The first kappa shape index (κ1) is 31.2. The number of anilines is 1. The van der Waals surface area contributed by atoms with Crippen LogP contribution in [0.2, 0.25) is 5.02 Å². The minimum Gasteiger partial charge on any atom is -0.460 e. The fourth-order valence-corrected chi connectivity index (χ4v) is 7.36. The first-order valence-corrected chi connectivity index (χ1v) is 14.9. The van der Waals surface area contributed by atoms with Gasteiger partial charge in [-0.05, 0) is 31.9 Å². The number of allylic oxidation sites excluding steroid dienone is 1. The maximum absolute atomic E-state index is 14.3. The Morgan fingerprint density at radius 3 is 2.73 bits per heavy atom. The van der Waals surface area contributed by atoms with Crippen molar-refractivity contribution < 1.29 is 33.8 Å². The van der Waals surface area contributed by atoms with Gasteiger partial charge in [0.05, 0.1) is 41.8 Å². The Balaban J connectivity index is 1.62. The van der Waals surface area contributed by atoms with Crippen molar-refractivity contribution in [2.75, 3.05) is 31.1 Å². The number of likely N-dealkylation sites (tertiary alicyclic amines) is 1. The maximum atomic E-state index is 14.3. The number of rotatable bonds is 13. The predicted molar refractivity (Wildman–Crippen MR) is 156 cm³/mol. The number of aliphatic hydroxyl groups excluding tert-OH is 1. The minimum absolute atomic E-state index is 0.105. The second-order valence-corrected chi connectivity index (χ2v) is 12.1. The first-order chi connectivity index (χ1) is 19.6. The van der Waals surface area contributed by atoms with Gasteiger partial charge in [0, 0.05) is 24.3 Å². The molecule has 1 spiro atoms. The molecule has 2 N–H and O–H groups in total. The quantitative estimate of drug-likeness (QED) is 0.191. The number of fused-ring (bicyclic) bond motifs is 1. The molecule has 10 nitrogen and oxygen atoms in total. The molecule has 3 amide bonds. The highest BCUT2D eigenvalue weighted by Crippen LogP contribution is 2.60. The van der Waals surface area contributed by atoms with E-state index in [-0.39, 0.29) is 43.4 Å². The number of ether oxygens (including phenoxy) is 2. The van der Waals surface area contributed by atoms with E-state index in [1.54, 1.807) is 43.3 Å². The van der Waals surface area contributed by atoms with Crippen molar-refractivity contribution in [1.82, 2.24) is 10.2 Å². The molecule has 41 heavy (non-hydrogen) atoms. The lowest BCUT2D eigenvalue weighted by atomic mass is 9.70. The molecule has 7 atom stereocenters. The SMILES string of the molecule is C=CCCC(=O)NC[C@@H](C)OC(=O)[C@@H]1[C@H]2O[C@@]3(CC2Br)[C@H](C(=O)N(CC=C)c2ccccc2Cl)N(CCO)C(=O)[C@@H]13. The van der Waals surface area contributed by atoms with Gasteiger partial charge >= 0.3 is 5.97 Å². The Morgan fingerprint density at radius 2 is 2.07 bits per heavy atom. The van der Waals surface area contributed by atoms with Crippen LogP contribution in [0.5, 0.6) is 0 Å². The van der Waals surface area contributed by atoms with Crippen LogP contribution in [0.3, 0.4) is 0 Å². The molecule has 3 fully saturated rings. The lowest BCUT2D eigenvalue weighted by Crippen LogP contribution is -2.57. The number of hydrogen-bond donors (Lipinski definition) is 2. The summed E-state index contributed by atoms with van der Waals surface area (Å²) >= 11 is 10.1. The van der Waals surface area contributed by atoms with E-state index in [4.69, 9.17) is 21.1 Å². The Kier molecular flexibility index (Phi) is 9.94. The first-order valence-electron chi connectivity index (χ1n) is 13.6. The fraction of sp³-hybridized carbons (Fsp3) is 0.517. The molecule has 1 aromatic rings. The van der Waals surface area contributed by atoms with Gasteiger partial charge in [0.25, 0.3) is 5.91 Å². The number of carbonyl (C=O) groups is 4. The van der Waals surface area contributed by atoms with Crippen LogP contribution < -0.4 is 10.2 Å². The van der Waals surface area contributed by atoms with Crippen LogP contribution >= 0.6 is 27.5 Å². The van der Waals surface area contributed by atoms with Crippen LogP contribution in [0.25, 0.3) is 0 Å². The third-order valence-corrected chi connectivity index (χ3v) is 9.00. The van der Waals surface area contributed by atoms with E-state index in [9.17, 15) is 24.3 Å². The van der Waals surface area contributed by atoms with E-state index >= 15 is 0 Å². The van der Waals surface area contributed by atoms with Gasteiger partial charge < -0.3 is 29.7 Å². The average molecular weight is 653 g/mol. The van der Waals surface area contributed by atoms with Crippen LogP contribution in [0.4, 0.5) is 5.69 Å². The summed E-state index contributed by atoms with van der Waals surface area (Å²) in [5, 5.41) is 12.9. The van der Waals surface area contributed by atoms with Gasteiger partial charge in [0.1, 0.15) is 17.7 Å². The number of β-amino-alcohol motifs (C(OH)–C–C–N with tert-alkyl or cyclic N) is 1. The summed E-state index contributed by atoms with van der Waals surface area (Å²) in [6, 6.07) is 5.73. The van der Waals surface area contributed by atoms with Crippen LogP contribution in [0.15, 0.2) is 49.6 Å². The number of nitrogens with zero attached hydrogens (tertiary/aromatic N) is 2. The van der Waals surface area contributed by atoms with Gasteiger partial charge in [-0.1, -0.05) is 51.8 Å². The molecule has 3 saturated heterocycles. The summed E-state index contributed by atoms with van der Waals surface area (Å²) in [6.45, 7) is 8.74. The number of carbonyl (C=O) groups excluding carboxylic acids is 4. The van der Waals surface area contributed by atoms with Crippen LogP contribution in [0, 0.1) is 11.8 Å². The van der Waals surface area contributed by atoms with Gasteiger partial charge in [0.2, 0.25) is 11.8 Å². The van der Waals surface area contributed by atoms with Crippen molar-refractivity contribution in [3.05, 3.63) is 54.6 Å². The Labute approximate surface area is 252 Å². The Hall–Kier alpha value is -2.73. The van der Waals surface area contributed by atoms with Crippen molar-refractivity contribution in [2.24, 2.45) is 11.8 Å². The van der Waals surface area contributed by atoms with Gasteiger partial charge in [-0.15, -0.1) is 13.2 Å². The fourth-order valence-electron chi connectivity index (χ4n) is 6.18. The minimum atomic E-state index is -1.32. The molecule has 4 rings (SSSR count). The van der Waals surface area contributed by atoms with Crippen molar-refractivity contribution in [3.8, 4) is 0 Å². The van der Waals surface area contributed by atoms with Crippen molar-refractivity contribution in [2.45, 2.75) is 54.9 Å². The molecule has 3 heterocycles. The van der Waals surface area contributed by atoms with Crippen molar-refractivity contribution >= 4 is 56.9 Å². The van der Waals surface area contributed by atoms with Gasteiger partial charge in [0.15, 0.2) is 0 Å². The number of nitrogens with one attached hydrogen (secondary N) is 1. The second kappa shape index (κ2) is 13.1. The lowest BCUT2D eigenvalue weighted by molar-refractivity contribution is -0.159. The van der Waals surface area contributed by atoms with Crippen LogP contribution in [-0.2, 0) is 28.7 Å². The highest BCUT2D eigenvalue weighted by atomic mass is 79.9. The number of benzene rings is 1. The molecule has 3 aliphatic rings. The van der Waals surface area contributed by atoms with Crippen LogP contribution in [0.1, 0.15) is 26.2 Å². The molecule has 1 aromatic carbocycles. The molecule has 2 bridgehead atoms. The van der Waals surface area contributed by atoms with Crippen LogP contribution in [-0.4, -0.2) is 88.6 Å². The molecule has 3 aliphatic heterocycles. The van der Waals surface area contributed by atoms with Crippen molar-refractivity contribution in [1.29, 1.82) is 0 Å². The monoisotopic (exact) mass is 651 g/mol. The second-order valence-electron chi connectivity index (χ2n) is 10.5. The molecular weight excluding hydrogens is 618 g/mol. The van der Waals surface area contributed by atoms with E-state index in [0.29, 0.717) is 23.6 Å². The Bertz CT molecular complexity index is 1210. The maximum Gasteiger partial charge on any atom is 0.312 e. The number of aliphatic hydroxyl groups is 1. The number of para-hydroxylation sites is 1. The predicted octanol–water partition coefficient (Wildman–Crippen LogP) is 2.61. The molecule has 0 aromatic heterocycles. The normalized spacial score (nSPS) is 28.6. The number of esters is 1. The summed E-state index contributed by atoms with van der Waals surface area (Å²) in [4.78, 5) is 56.2. The summed E-state index contributed by atoms with van der Waals surface area (Å²) < 4.78 is 12.1. The van der Waals surface area contributed by atoms with E-state index in [1.807, 2.05) is 0 Å². The number of hydrogen-bond acceptors (Lipinski definition) is 7. The highest BCUT2D eigenvalue weighted by Gasteiger charge is 2.77. The number of alkyl halides is 1. The van der Waals surface area contributed by atoms with E-state index in [2.05, 4.69) is 34.4 Å². The van der Waals surface area contributed by atoms with Gasteiger partial charge in [-0.25, -0.2) is 0 Å².